The molecule has 0 aliphatic carbocycles. The van der Waals surface area contributed by atoms with Crippen LogP contribution in [0.4, 0.5) is 0 Å². The standard InChI is InChI=1S/C22H31NO/c1(3-5-8-13-21-16-12-17-23-19-21)2-4-6-11-18-24-20-22-14-9-7-10-15-22/h7,9-10,12,14-17,19H,1-6,8,11,13,18,20H2. The molecular formula is C22H31NO. The van der Waals surface area contributed by atoms with Crippen LogP contribution in [-0.4, -0.2) is 11.6 Å². The van der Waals surface area contributed by atoms with E-state index in [1.54, 1.807) is 0 Å². The molecule has 2 nitrogen and oxygen atoms in total. The van der Waals surface area contributed by atoms with Crippen molar-refractivity contribution in [2.45, 2.75) is 64.4 Å². The fourth-order valence-electron chi connectivity index (χ4n) is 2.90. The minimum absolute atomic E-state index is 0.748. The molecule has 1 aromatic carbocycles. The number of aromatic nitrogens is 1. The summed E-state index contributed by atoms with van der Waals surface area (Å²) in [5.74, 6) is 0. The van der Waals surface area contributed by atoms with Gasteiger partial charge in [-0.05, 0) is 36.5 Å². The van der Waals surface area contributed by atoms with Gasteiger partial charge in [0.1, 0.15) is 0 Å². The van der Waals surface area contributed by atoms with Crippen LogP contribution in [0.25, 0.3) is 0 Å². The van der Waals surface area contributed by atoms with E-state index >= 15 is 0 Å². The van der Waals surface area contributed by atoms with Crippen LogP contribution >= 0.6 is 0 Å². The Balaban J connectivity index is 1.32. The van der Waals surface area contributed by atoms with Crippen molar-refractivity contribution in [2.24, 2.45) is 0 Å². The number of benzene rings is 1. The highest BCUT2D eigenvalue weighted by atomic mass is 16.5. The predicted octanol–water partition coefficient (Wildman–Crippen LogP) is 5.96. The molecule has 0 atom stereocenters. The zero-order valence-corrected chi connectivity index (χ0v) is 14.8. The first kappa shape index (κ1) is 18.7. The van der Waals surface area contributed by atoms with Crippen LogP contribution in [0, 0.1) is 0 Å². The zero-order valence-electron chi connectivity index (χ0n) is 14.8. The van der Waals surface area contributed by atoms with E-state index in [1.165, 1.54) is 68.9 Å². The SMILES string of the molecule is c1ccc(COCCCCCCCCCCc2cccnc2)cc1. The summed E-state index contributed by atoms with van der Waals surface area (Å²) in [6.07, 6.45) is 15.6. The van der Waals surface area contributed by atoms with Crippen LogP contribution in [0.5, 0.6) is 0 Å². The Labute approximate surface area is 147 Å². The third-order valence-electron chi connectivity index (χ3n) is 4.34. The summed E-state index contributed by atoms with van der Waals surface area (Å²) in [6, 6.07) is 14.6. The van der Waals surface area contributed by atoms with Crippen molar-refractivity contribution in [3.8, 4) is 0 Å². The number of nitrogens with zero attached hydrogens (tertiary/aromatic N) is 1. The van der Waals surface area contributed by atoms with Gasteiger partial charge in [0.25, 0.3) is 0 Å². The highest BCUT2D eigenvalue weighted by molar-refractivity contribution is 5.13. The molecule has 0 aliphatic rings. The Hall–Kier alpha value is -1.67. The van der Waals surface area contributed by atoms with Crippen LogP contribution in [0.2, 0.25) is 0 Å². The fourth-order valence-corrected chi connectivity index (χ4v) is 2.90. The Bertz CT molecular complexity index is 463. The van der Waals surface area contributed by atoms with E-state index in [4.69, 9.17) is 4.74 Å². The first-order valence-electron chi connectivity index (χ1n) is 9.46. The van der Waals surface area contributed by atoms with Crippen molar-refractivity contribution < 1.29 is 4.74 Å². The Morgan fingerprint density at radius 2 is 1.33 bits per heavy atom. The van der Waals surface area contributed by atoms with Crippen LogP contribution < -0.4 is 0 Å². The molecule has 0 amide bonds. The van der Waals surface area contributed by atoms with E-state index in [0.717, 1.165) is 13.2 Å². The van der Waals surface area contributed by atoms with Gasteiger partial charge in [-0.15, -0.1) is 0 Å². The van der Waals surface area contributed by atoms with Gasteiger partial charge in [0.15, 0.2) is 0 Å². The second-order valence-electron chi connectivity index (χ2n) is 6.48. The van der Waals surface area contributed by atoms with Crippen LogP contribution in [0.1, 0.15) is 62.5 Å². The first-order chi connectivity index (χ1) is 11.9. The zero-order chi connectivity index (χ0) is 16.7. The number of ether oxygens (including phenoxy) is 1. The maximum atomic E-state index is 5.72. The molecule has 0 saturated heterocycles. The molecule has 0 bridgehead atoms. The maximum absolute atomic E-state index is 5.72. The van der Waals surface area contributed by atoms with Gasteiger partial charge in [-0.25, -0.2) is 0 Å². The number of pyridine rings is 1. The summed E-state index contributed by atoms with van der Waals surface area (Å²) in [5, 5.41) is 0. The Kier molecular flexibility index (Phi) is 9.89. The molecule has 2 rings (SSSR count). The number of hydrogen-bond acceptors (Lipinski definition) is 2. The second kappa shape index (κ2) is 12.7. The molecule has 0 fully saturated rings. The number of rotatable bonds is 13. The topological polar surface area (TPSA) is 22.1 Å². The highest BCUT2D eigenvalue weighted by Gasteiger charge is 1.96. The van der Waals surface area contributed by atoms with Gasteiger partial charge >= 0.3 is 0 Å². The van der Waals surface area contributed by atoms with Crippen LogP contribution in [0.15, 0.2) is 54.9 Å². The van der Waals surface area contributed by atoms with Crippen LogP contribution in [0.3, 0.4) is 0 Å². The summed E-state index contributed by atoms with van der Waals surface area (Å²) in [7, 11) is 0. The van der Waals surface area contributed by atoms with Gasteiger partial charge in [-0.1, -0.05) is 74.9 Å². The number of unbranched alkanes of at least 4 members (excludes halogenated alkanes) is 7. The lowest BCUT2D eigenvalue weighted by atomic mass is 10.1. The normalized spacial score (nSPS) is 10.8. The van der Waals surface area contributed by atoms with Crippen LogP contribution in [-0.2, 0) is 17.8 Å². The lowest BCUT2D eigenvalue weighted by molar-refractivity contribution is 0.116. The Morgan fingerprint density at radius 1 is 0.667 bits per heavy atom. The smallest absolute Gasteiger partial charge is 0.0716 e. The van der Waals surface area contributed by atoms with Gasteiger partial charge in [-0.3, -0.25) is 4.98 Å². The highest BCUT2D eigenvalue weighted by Crippen LogP contribution is 2.11. The molecular weight excluding hydrogens is 294 g/mol. The third-order valence-corrected chi connectivity index (χ3v) is 4.34. The van der Waals surface area contributed by atoms with Crippen molar-refractivity contribution in [1.29, 1.82) is 0 Å². The molecule has 2 aromatic rings. The van der Waals surface area contributed by atoms with E-state index in [-0.39, 0.29) is 0 Å². The monoisotopic (exact) mass is 325 g/mol. The molecule has 1 heterocycles. The second-order valence-corrected chi connectivity index (χ2v) is 6.48. The van der Waals surface area contributed by atoms with Gasteiger partial charge in [0, 0.05) is 19.0 Å². The molecule has 0 saturated carbocycles. The molecule has 0 N–H and O–H groups in total. The van der Waals surface area contributed by atoms with Crippen molar-refractivity contribution in [1.82, 2.24) is 4.98 Å². The first-order valence-corrected chi connectivity index (χ1v) is 9.46. The molecule has 0 aliphatic heterocycles. The van der Waals surface area contributed by atoms with Crippen molar-refractivity contribution in [3.05, 3.63) is 66.0 Å². The average Bonchev–Trinajstić information content (AvgIpc) is 2.64. The largest absolute Gasteiger partial charge is 0.377 e. The minimum atomic E-state index is 0.748. The van der Waals surface area contributed by atoms with Crippen molar-refractivity contribution >= 4 is 0 Å². The molecule has 130 valence electrons. The minimum Gasteiger partial charge on any atom is -0.377 e. The van der Waals surface area contributed by atoms with E-state index < -0.39 is 0 Å². The summed E-state index contributed by atoms with van der Waals surface area (Å²) >= 11 is 0. The molecule has 24 heavy (non-hydrogen) atoms. The number of aryl methyl sites for hydroxylation is 1. The number of hydrogen-bond donors (Lipinski definition) is 0. The summed E-state index contributed by atoms with van der Waals surface area (Å²) in [5.41, 5.74) is 2.64. The summed E-state index contributed by atoms with van der Waals surface area (Å²) < 4.78 is 5.72. The average molecular weight is 325 g/mol. The van der Waals surface area contributed by atoms with E-state index in [0.29, 0.717) is 0 Å². The third kappa shape index (κ3) is 8.83. The maximum Gasteiger partial charge on any atom is 0.0716 e. The predicted molar refractivity (Wildman–Crippen MR) is 101 cm³/mol. The molecule has 2 heteroatoms. The van der Waals surface area contributed by atoms with E-state index in [9.17, 15) is 0 Å². The summed E-state index contributed by atoms with van der Waals surface area (Å²) in [4.78, 5) is 4.16. The van der Waals surface area contributed by atoms with Gasteiger partial charge < -0.3 is 4.74 Å². The van der Waals surface area contributed by atoms with Gasteiger partial charge in [0.05, 0.1) is 6.61 Å². The van der Waals surface area contributed by atoms with Gasteiger partial charge in [0.2, 0.25) is 0 Å². The molecule has 0 spiro atoms. The van der Waals surface area contributed by atoms with E-state index in [1.807, 2.05) is 24.5 Å². The molecule has 1 aromatic heterocycles. The Morgan fingerprint density at radius 3 is 2.04 bits per heavy atom. The quantitative estimate of drug-likeness (QED) is 0.424. The molecule has 0 radical (unpaired) electrons. The van der Waals surface area contributed by atoms with Crippen molar-refractivity contribution in [3.63, 3.8) is 0 Å². The van der Waals surface area contributed by atoms with Gasteiger partial charge in [-0.2, -0.15) is 0 Å². The van der Waals surface area contributed by atoms with E-state index in [2.05, 4.69) is 35.3 Å². The summed E-state index contributed by atoms with van der Waals surface area (Å²) in [6.45, 7) is 1.64. The lowest BCUT2D eigenvalue weighted by Crippen LogP contribution is -1.95. The fraction of sp³-hybridized carbons (Fsp3) is 0.500. The molecule has 0 unspecified atom stereocenters. The van der Waals surface area contributed by atoms with Crippen molar-refractivity contribution in [2.75, 3.05) is 6.61 Å². The lowest BCUT2D eigenvalue weighted by Gasteiger charge is -2.05.